The first-order valence-electron chi connectivity index (χ1n) is 12.1. The number of aliphatic hydroxyl groups is 1. The van der Waals surface area contributed by atoms with E-state index >= 15 is 0 Å². The number of hydrogen-bond donors (Lipinski definition) is 1. The molecule has 174 valence electrons. The van der Waals surface area contributed by atoms with Crippen LogP contribution in [-0.4, -0.2) is 40.0 Å². The van der Waals surface area contributed by atoms with Crippen LogP contribution in [0.1, 0.15) is 110 Å². The van der Waals surface area contributed by atoms with Crippen molar-refractivity contribution in [3.8, 4) is 0 Å². The molecule has 0 amide bonds. The van der Waals surface area contributed by atoms with Gasteiger partial charge < -0.3 is 10.0 Å². The molecule has 1 aliphatic heterocycles. The van der Waals surface area contributed by atoms with Gasteiger partial charge >= 0.3 is 0 Å². The maximum atomic E-state index is 10.0. The molecule has 2 nitrogen and oxygen atoms in total. The second-order valence-corrected chi connectivity index (χ2v) is 10.4. The molecule has 5 heteroatoms. The molecule has 0 aromatic rings. The van der Waals surface area contributed by atoms with E-state index in [9.17, 15) is 5.11 Å². The molecular formula is C24H48INOS2. The van der Waals surface area contributed by atoms with E-state index in [1.54, 1.807) is 11.8 Å². The van der Waals surface area contributed by atoms with Crippen molar-refractivity contribution in [3.05, 3.63) is 11.6 Å². The van der Waals surface area contributed by atoms with Gasteiger partial charge in [-0.25, -0.2) is 0 Å². The molecule has 0 aliphatic carbocycles. The lowest BCUT2D eigenvalue weighted by molar-refractivity contribution is 0.164. The van der Waals surface area contributed by atoms with Crippen molar-refractivity contribution >= 4 is 47.5 Å². The minimum Gasteiger partial charge on any atom is -0.390 e. The summed E-state index contributed by atoms with van der Waals surface area (Å²) < 4.78 is 0. The van der Waals surface area contributed by atoms with Crippen LogP contribution >= 0.6 is 47.5 Å². The summed E-state index contributed by atoms with van der Waals surface area (Å²) in [4.78, 5) is 2.20. The smallest absolute Gasteiger partial charge is 0.0805 e. The topological polar surface area (TPSA) is 23.5 Å². The molecule has 0 aromatic carbocycles. The fourth-order valence-corrected chi connectivity index (χ4v) is 5.40. The fraction of sp³-hybridized carbons (Fsp3) is 0.917. The lowest BCUT2D eigenvalue weighted by atomic mass is 10.0. The number of rotatable bonds is 21. The Labute approximate surface area is 207 Å². The highest BCUT2D eigenvalue weighted by Crippen LogP contribution is 2.17. The van der Waals surface area contributed by atoms with Gasteiger partial charge in [0.2, 0.25) is 0 Å². The van der Waals surface area contributed by atoms with Gasteiger partial charge in [0.25, 0.3) is 0 Å². The van der Waals surface area contributed by atoms with Crippen molar-refractivity contribution in [2.24, 2.45) is 0 Å². The number of unbranched alkanes of at least 4 members (excludes halogenated alkanes) is 15. The monoisotopic (exact) mass is 557 g/mol. The van der Waals surface area contributed by atoms with Crippen LogP contribution in [0.4, 0.5) is 0 Å². The molecule has 1 unspecified atom stereocenters. The van der Waals surface area contributed by atoms with Crippen LogP contribution in [0.3, 0.4) is 0 Å². The summed E-state index contributed by atoms with van der Waals surface area (Å²) in [5, 5.41) is 12.1. The van der Waals surface area contributed by atoms with Crippen molar-refractivity contribution in [1.82, 2.24) is 4.90 Å². The fourth-order valence-electron chi connectivity index (χ4n) is 3.72. The maximum absolute atomic E-state index is 10.0. The van der Waals surface area contributed by atoms with Crippen molar-refractivity contribution < 1.29 is 5.11 Å². The van der Waals surface area contributed by atoms with Crippen LogP contribution in [0.5, 0.6) is 0 Å². The van der Waals surface area contributed by atoms with Crippen LogP contribution < -0.4 is 0 Å². The molecule has 0 radical (unpaired) electrons. The Morgan fingerprint density at radius 1 is 0.828 bits per heavy atom. The van der Waals surface area contributed by atoms with Crippen LogP contribution in [0, 0.1) is 0 Å². The first-order chi connectivity index (χ1) is 13.8. The second-order valence-electron chi connectivity index (χ2n) is 8.38. The Kier molecular flexibility index (Phi) is 24.3. The number of aliphatic hydroxyl groups excluding tert-OH is 1. The molecule has 29 heavy (non-hydrogen) atoms. The van der Waals surface area contributed by atoms with Crippen molar-refractivity contribution in [2.75, 3.05) is 23.9 Å². The number of halogens is 1. The molecule has 1 atom stereocenters. The quantitative estimate of drug-likeness (QED) is 0.113. The predicted molar refractivity (Wildman–Crippen MR) is 147 cm³/mol. The van der Waals surface area contributed by atoms with Crippen molar-refractivity contribution in [2.45, 2.75) is 116 Å². The third-order valence-electron chi connectivity index (χ3n) is 5.51. The van der Waals surface area contributed by atoms with E-state index in [0.29, 0.717) is 0 Å². The van der Waals surface area contributed by atoms with E-state index < -0.39 is 0 Å². The number of hydrogen-bond acceptors (Lipinski definition) is 4. The first kappa shape index (κ1) is 29.9. The minimum absolute atomic E-state index is 0. The lowest BCUT2D eigenvalue weighted by Crippen LogP contribution is -2.28. The van der Waals surface area contributed by atoms with Gasteiger partial charge in [0.05, 0.1) is 12.0 Å². The standard InChI is InChI=1S/C24H47NOS2.HI/c1-2-3-4-5-6-7-8-9-10-11-12-13-14-15-16-17-19-27-22-24(26)21-25-18-20-28-23-25;/h18,20,24,26H,2-17,19,21-23H2,1H3;1H. The summed E-state index contributed by atoms with van der Waals surface area (Å²) >= 11 is 3.73. The molecule has 1 aliphatic rings. The molecule has 0 spiro atoms. The summed E-state index contributed by atoms with van der Waals surface area (Å²) in [6.45, 7) is 3.08. The van der Waals surface area contributed by atoms with Crippen LogP contribution in [0.25, 0.3) is 0 Å². The Hall–Kier alpha value is 0.930. The molecule has 0 fully saturated rings. The summed E-state index contributed by atoms with van der Waals surface area (Å²) in [5.41, 5.74) is 0. The Morgan fingerprint density at radius 2 is 1.31 bits per heavy atom. The van der Waals surface area contributed by atoms with Gasteiger partial charge in [-0.15, -0.1) is 35.7 Å². The summed E-state index contributed by atoms with van der Waals surface area (Å²) in [5.74, 6) is 3.09. The third kappa shape index (κ3) is 20.6. The largest absolute Gasteiger partial charge is 0.390 e. The zero-order valence-corrected chi connectivity index (χ0v) is 23.0. The highest BCUT2D eigenvalue weighted by atomic mass is 127. The molecule has 0 saturated carbocycles. The Balaban J connectivity index is 0.00000784. The van der Waals surface area contributed by atoms with Gasteiger partial charge in [0, 0.05) is 18.5 Å². The molecule has 0 aromatic heterocycles. The van der Waals surface area contributed by atoms with Gasteiger partial charge in [-0.05, 0) is 17.6 Å². The average molecular weight is 558 g/mol. The summed E-state index contributed by atoms with van der Waals surface area (Å²) in [6.07, 6.45) is 24.8. The van der Waals surface area contributed by atoms with E-state index in [2.05, 4.69) is 23.4 Å². The third-order valence-corrected chi connectivity index (χ3v) is 7.50. The van der Waals surface area contributed by atoms with Crippen LogP contribution in [0.2, 0.25) is 0 Å². The normalized spacial score (nSPS) is 14.3. The maximum Gasteiger partial charge on any atom is 0.0805 e. The minimum atomic E-state index is -0.186. The molecule has 0 bridgehead atoms. The predicted octanol–water partition coefficient (Wildman–Crippen LogP) is 8.44. The first-order valence-corrected chi connectivity index (χ1v) is 14.3. The van der Waals surface area contributed by atoms with E-state index in [-0.39, 0.29) is 30.1 Å². The molecular weight excluding hydrogens is 509 g/mol. The zero-order valence-electron chi connectivity index (χ0n) is 19.0. The molecule has 1 heterocycles. The summed E-state index contributed by atoms with van der Waals surface area (Å²) in [6, 6.07) is 0. The van der Waals surface area contributed by atoms with Gasteiger partial charge in [-0.1, -0.05) is 103 Å². The van der Waals surface area contributed by atoms with Gasteiger partial charge in [0.1, 0.15) is 0 Å². The second kappa shape index (κ2) is 23.6. The average Bonchev–Trinajstić information content (AvgIpc) is 3.20. The van der Waals surface area contributed by atoms with E-state index in [1.165, 1.54) is 108 Å². The molecule has 0 saturated heterocycles. The van der Waals surface area contributed by atoms with Crippen LogP contribution in [0.15, 0.2) is 11.6 Å². The van der Waals surface area contributed by atoms with E-state index in [1.807, 2.05) is 11.8 Å². The van der Waals surface area contributed by atoms with Gasteiger partial charge in [-0.3, -0.25) is 0 Å². The Morgan fingerprint density at radius 3 is 1.76 bits per heavy atom. The number of thioether (sulfide) groups is 2. The van der Waals surface area contributed by atoms with Crippen LogP contribution in [-0.2, 0) is 0 Å². The lowest BCUT2D eigenvalue weighted by Gasteiger charge is -2.18. The van der Waals surface area contributed by atoms with Crippen molar-refractivity contribution in [1.29, 1.82) is 0 Å². The number of β-amino-alcohol motifs (C(OH)–C–C–N with tert-alkyl or cyclic N) is 1. The van der Waals surface area contributed by atoms with Gasteiger partial charge in [-0.2, -0.15) is 11.8 Å². The number of nitrogens with zero attached hydrogens (tertiary/aromatic N) is 1. The Bertz CT molecular complexity index is 358. The molecule has 1 rings (SSSR count). The zero-order chi connectivity index (χ0) is 20.1. The summed E-state index contributed by atoms with van der Waals surface area (Å²) in [7, 11) is 0. The SMILES string of the molecule is CCCCCCCCCCCCCCCCCCSCC(O)CN1C=CSC1.I. The van der Waals surface area contributed by atoms with Crippen molar-refractivity contribution in [3.63, 3.8) is 0 Å². The molecule has 1 N–H and O–H groups in total. The highest BCUT2D eigenvalue weighted by molar-refractivity contribution is 14.0. The highest BCUT2D eigenvalue weighted by Gasteiger charge is 2.11. The van der Waals surface area contributed by atoms with Gasteiger partial charge in [0.15, 0.2) is 0 Å². The van der Waals surface area contributed by atoms with E-state index in [4.69, 9.17) is 0 Å². The van der Waals surface area contributed by atoms with E-state index in [0.717, 1.165) is 18.2 Å².